The molecule has 1 radical (unpaired) electrons. The van der Waals surface area contributed by atoms with Gasteiger partial charge in [-0.3, -0.25) is 4.98 Å². The molecule has 0 atom stereocenters. The first-order valence-corrected chi connectivity index (χ1v) is 31.3. The summed E-state index contributed by atoms with van der Waals surface area (Å²) in [6.07, 6.45) is 5.74. The molecule has 1 saturated carbocycles. The van der Waals surface area contributed by atoms with E-state index in [1.807, 2.05) is 30.5 Å². The summed E-state index contributed by atoms with van der Waals surface area (Å²) in [4.78, 5) is 9.84. The molecule has 69 heavy (non-hydrogen) atoms. The van der Waals surface area contributed by atoms with E-state index in [4.69, 9.17) is 16.3 Å². The molecule has 11 rings (SSSR count). The Hall–Kier alpha value is -5.85. The minimum absolute atomic E-state index is 0. The van der Waals surface area contributed by atoms with Crippen LogP contribution in [0, 0.1) is 24.9 Å². The molecule has 0 unspecified atom stereocenters. The number of aromatic nitrogens is 3. The third-order valence-corrected chi connectivity index (χ3v) is 17.5. The average Bonchev–Trinajstić information content (AvgIpc) is 3.97. The van der Waals surface area contributed by atoms with Gasteiger partial charge in [0.25, 0.3) is 0 Å². The van der Waals surface area contributed by atoms with Crippen LogP contribution in [0.25, 0.3) is 83.6 Å². The van der Waals surface area contributed by atoms with Gasteiger partial charge in [-0.25, -0.2) is 0 Å². The van der Waals surface area contributed by atoms with E-state index < -0.39 is 26.5 Å². The third kappa shape index (κ3) is 10.4. The van der Waals surface area contributed by atoms with Crippen LogP contribution in [-0.4, -0.2) is 27.8 Å². The largest absolute Gasteiger partial charge is 0 e. The second-order valence-corrected chi connectivity index (χ2v) is 30.8. The summed E-state index contributed by atoms with van der Waals surface area (Å²) in [5.41, 5.74) is 14.1. The Morgan fingerprint density at radius 2 is 1.36 bits per heavy atom. The maximum atomic E-state index is 9.04. The number of fused-ring (bicyclic) bond motifs is 4. The van der Waals surface area contributed by atoms with Crippen molar-refractivity contribution in [3.8, 4) is 50.6 Å². The van der Waals surface area contributed by atoms with Crippen LogP contribution in [0.5, 0.6) is 0 Å². The number of imidazole rings is 1. The first-order chi connectivity index (χ1) is 34.8. The molecular formula is C63H61GeIrN3O-2. The van der Waals surface area contributed by atoms with E-state index >= 15 is 0 Å². The van der Waals surface area contributed by atoms with E-state index in [0.29, 0.717) is 11.3 Å². The van der Waals surface area contributed by atoms with Crippen LogP contribution in [0.3, 0.4) is 0 Å². The number of hydrogen-bond donors (Lipinski definition) is 0. The van der Waals surface area contributed by atoms with Gasteiger partial charge in [-0.1, -0.05) is 111 Å². The van der Waals surface area contributed by atoms with Crippen molar-refractivity contribution in [2.75, 3.05) is 0 Å². The zero-order chi connectivity index (χ0) is 51.3. The Morgan fingerprint density at radius 3 is 2.04 bits per heavy atom. The van der Waals surface area contributed by atoms with Gasteiger partial charge in [0.15, 0.2) is 0 Å². The van der Waals surface area contributed by atoms with Crippen molar-refractivity contribution in [2.24, 2.45) is 5.92 Å². The maximum absolute atomic E-state index is 9.04. The Balaban J connectivity index is 0.000000196. The summed E-state index contributed by atoms with van der Waals surface area (Å²) < 4.78 is 50.4. The molecule has 349 valence electrons. The van der Waals surface area contributed by atoms with E-state index in [1.165, 1.54) is 34.7 Å². The number of nitrogens with zero attached hydrogens (tertiary/aromatic N) is 3. The van der Waals surface area contributed by atoms with E-state index in [2.05, 4.69) is 175 Å². The predicted octanol–water partition coefficient (Wildman–Crippen LogP) is 16.5. The molecule has 4 nitrogen and oxygen atoms in total. The molecule has 0 spiro atoms. The SMILES string of the molecule is CC(C)(C)c1cc(-c2ccccc2)ccc1-n1c(-c2[c-]cc3oc4ccc(-c5ccccc5)cc4c3c2)nc2ccccc21.[2H]C([2H])([2H])c1c[c-]c(-c2cc(C([2H])([2H])C3CCCCC3)[c]([Ge]([CH3])([CH3])[CH3])cn2)cc1.[Ir]. The topological polar surface area (TPSA) is 43.9 Å². The van der Waals surface area contributed by atoms with Gasteiger partial charge in [0.05, 0.1) is 22.4 Å². The summed E-state index contributed by atoms with van der Waals surface area (Å²) in [6.45, 7) is 4.67. The van der Waals surface area contributed by atoms with E-state index in [-0.39, 0.29) is 37.0 Å². The molecule has 0 saturated heterocycles. The molecular weight excluding hydrogens is 1080 g/mol. The molecule has 7 aromatic carbocycles. The van der Waals surface area contributed by atoms with Gasteiger partial charge >= 0.3 is 157 Å². The fourth-order valence-electron chi connectivity index (χ4n) is 9.62. The summed E-state index contributed by atoms with van der Waals surface area (Å²) in [5.74, 6) is 7.72. The number of pyridine rings is 1. The Labute approximate surface area is 432 Å². The van der Waals surface area contributed by atoms with Gasteiger partial charge in [-0.05, 0) is 69.6 Å². The summed E-state index contributed by atoms with van der Waals surface area (Å²) in [6, 6.07) is 60.1. The maximum Gasteiger partial charge on any atom is 0 e. The van der Waals surface area contributed by atoms with Crippen molar-refractivity contribution in [3.63, 3.8) is 0 Å². The van der Waals surface area contributed by atoms with Gasteiger partial charge in [0.1, 0.15) is 5.58 Å². The average molecular weight is 1150 g/mol. The van der Waals surface area contributed by atoms with Gasteiger partial charge < -0.3 is 8.98 Å². The van der Waals surface area contributed by atoms with Gasteiger partial charge in [-0.15, -0.1) is 23.8 Å². The van der Waals surface area contributed by atoms with Crippen LogP contribution < -0.4 is 4.40 Å². The summed E-state index contributed by atoms with van der Waals surface area (Å²) in [7, 11) is 0. The van der Waals surface area contributed by atoms with Crippen LogP contribution in [-0.2, 0) is 31.9 Å². The van der Waals surface area contributed by atoms with Crippen LogP contribution in [0.2, 0.25) is 17.3 Å². The van der Waals surface area contributed by atoms with E-state index in [0.717, 1.165) is 91.3 Å². The summed E-state index contributed by atoms with van der Waals surface area (Å²) >= 11 is -2.35. The molecule has 1 aliphatic rings. The predicted molar refractivity (Wildman–Crippen MR) is 289 cm³/mol. The standard InChI is InChI=1S/C41H31N2O.C22H30GeN.Ir/c1-41(2,3)34-26-30(28-14-8-5-9-15-28)18-21-36(34)43-37-17-11-10-16-35(37)42-40(43)31-20-23-39-33(25-31)32-24-29(19-22-38(32)44-39)27-12-6-4-7-13-27;1-17-10-12-19(13-11-17)22-15-20(14-18-8-6-5-7-9-18)21(16-24-22)23(2,3)4;/h4-19,21-26H,1-3H3;10-12,15-16,18H,5-9,14H2,1-4H3;/q2*-1;/i;1D3,14D2;. The monoisotopic (exact) mass is 1150 g/mol. The zero-order valence-electron chi connectivity index (χ0n) is 45.3. The fraction of sp³-hybridized carbons (Fsp3) is 0.238. The van der Waals surface area contributed by atoms with Crippen LogP contribution in [0.1, 0.15) is 76.4 Å². The van der Waals surface area contributed by atoms with Crippen LogP contribution in [0.15, 0.2) is 168 Å². The van der Waals surface area contributed by atoms with Crippen molar-refractivity contribution in [1.29, 1.82) is 0 Å². The molecule has 1 aliphatic carbocycles. The summed E-state index contributed by atoms with van der Waals surface area (Å²) in [5, 5.41) is 2.14. The molecule has 3 heterocycles. The smallest absolute Gasteiger partial charge is 0 e. The van der Waals surface area contributed by atoms with E-state index in [9.17, 15) is 0 Å². The quantitative estimate of drug-likeness (QED) is 0.112. The Morgan fingerprint density at radius 1 is 0.696 bits per heavy atom. The Bertz CT molecular complexity index is 3590. The number of para-hydroxylation sites is 2. The third-order valence-electron chi connectivity index (χ3n) is 13.2. The normalized spacial score (nSPS) is 14.8. The second kappa shape index (κ2) is 20.2. The molecule has 3 aromatic heterocycles. The van der Waals surface area contributed by atoms with Crippen molar-refractivity contribution in [2.45, 2.75) is 88.8 Å². The van der Waals surface area contributed by atoms with Gasteiger partial charge in [0, 0.05) is 31.2 Å². The van der Waals surface area contributed by atoms with Crippen molar-refractivity contribution < 1.29 is 31.4 Å². The van der Waals surface area contributed by atoms with Crippen molar-refractivity contribution >= 4 is 50.6 Å². The molecule has 10 aromatic rings. The number of furan rings is 1. The number of aryl methyl sites for hydroxylation is 1. The minimum atomic E-state index is -2.35. The molecule has 6 heteroatoms. The minimum Gasteiger partial charge on any atom is 0 e. The number of rotatable bonds is 8. The molecule has 0 amide bonds. The van der Waals surface area contributed by atoms with Crippen molar-refractivity contribution in [3.05, 3.63) is 193 Å². The first-order valence-electron chi connectivity index (χ1n) is 26.5. The van der Waals surface area contributed by atoms with E-state index in [1.54, 1.807) is 12.1 Å². The van der Waals surface area contributed by atoms with Crippen molar-refractivity contribution in [1.82, 2.24) is 14.5 Å². The number of hydrogen-bond acceptors (Lipinski definition) is 3. The molecule has 0 bridgehead atoms. The van der Waals surface area contributed by atoms with Crippen LogP contribution >= 0.6 is 0 Å². The number of benzene rings is 7. The molecule has 1 fully saturated rings. The first kappa shape index (κ1) is 42.1. The fourth-order valence-corrected chi connectivity index (χ4v) is 12.6. The van der Waals surface area contributed by atoms with Gasteiger partial charge in [-0.2, -0.15) is 0 Å². The van der Waals surface area contributed by atoms with Gasteiger partial charge in [0.2, 0.25) is 0 Å². The Kier molecular flexibility index (Phi) is 12.3. The second-order valence-electron chi connectivity index (χ2n) is 20.2. The molecule has 0 aliphatic heterocycles. The van der Waals surface area contributed by atoms with Crippen LogP contribution in [0.4, 0.5) is 0 Å². The zero-order valence-corrected chi connectivity index (χ0v) is 44.8. The molecule has 0 N–H and O–H groups in total.